The highest BCUT2D eigenvalue weighted by Gasteiger charge is 2.26. The van der Waals surface area contributed by atoms with Gasteiger partial charge in [0.1, 0.15) is 0 Å². The number of carbonyl (C=O) groups excluding carboxylic acids is 2. The molecule has 2 amide bonds. The molecule has 1 fully saturated rings. The molecule has 0 unspecified atom stereocenters. The molecule has 1 atom stereocenters. The Bertz CT molecular complexity index is 297. The van der Waals surface area contributed by atoms with Crippen molar-refractivity contribution in [3.05, 3.63) is 0 Å². The van der Waals surface area contributed by atoms with Crippen LogP contribution in [0.1, 0.15) is 33.6 Å². The lowest BCUT2D eigenvalue weighted by Gasteiger charge is -2.36. The van der Waals surface area contributed by atoms with Gasteiger partial charge in [0.25, 0.3) is 0 Å². The topological polar surface area (TPSA) is 66.6 Å². The summed E-state index contributed by atoms with van der Waals surface area (Å²) in [5.41, 5.74) is 5.90. The van der Waals surface area contributed by atoms with E-state index in [4.69, 9.17) is 5.73 Å². The Hall–Kier alpha value is -1.10. The number of nitrogens with zero attached hydrogens (tertiary/aromatic N) is 2. The van der Waals surface area contributed by atoms with Crippen LogP contribution in [0.3, 0.4) is 0 Å². The van der Waals surface area contributed by atoms with Crippen molar-refractivity contribution < 1.29 is 9.59 Å². The predicted molar refractivity (Wildman–Crippen MR) is 70.9 cm³/mol. The van der Waals surface area contributed by atoms with Crippen molar-refractivity contribution >= 4 is 11.8 Å². The zero-order valence-corrected chi connectivity index (χ0v) is 11.7. The van der Waals surface area contributed by atoms with Gasteiger partial charge >= 0.3 is 0 Å². The third-order valence-corrected chi connectivity index (χ3v) is 3.29. The summed E-state index contributed by atoms with van der Waals surface area (Å²) >= 11 is 0. The number of carbonyl (C=O) groups is 2. The summed E-state index contributed by atoms with van der Waals surface area (Å²) in [7, 11) is 0. The first-order valence-electron chi connectivity index (χ1n) is 6.77. The monoisotopic (exact) mass is 255 g/mol. The minimum Gasteiger partial charge on any atom is -0.339 e. The minimum atomic E-state index is -0.404. The minimum absolute atomic E-state index is 0.0206. The van der Waals surface area contributed by atoms with Crippen molar-refractivity contribution in [3.8, 4) is 0 Å². The first-order chi connectivity index (χ1) is 8.45. The Kier molecular flexibility index (Phi) is 5.59. The normalized spacial score (nSPS) is 18.1. The lowest BCUT2D eigenvalue weighted by molar-refractivity contribution is -0.140. The van der Waals surface area contributed by atoms with Gasteiger partial charge < -0.3 is 15.5 Å². The van der Waals surface area contributed by atoms with Crippen LogP contribution >= 0.6 is 0 Å². The smallest absolute Gasteiger partial charge is 0.239 e. The number of amides is 2. The third kappa shape index (κ3) is 3.98. The summed E-state index contributed by atoms with van der Waals surface area (Å²) in [5.74, 6) is 0.604. The molecule has 5 heteroatoms. The molecule has 104 valence electrons. The molecule has 2 N–H and O–H groups in total. The summed E-state index contributed by atoms with van der Waals surface area (Å²) in [5, 5.41) is 0. The Morgan fingerprint density at radius 2 is 1.61 bits per heavy atom. The van der Waals surface area contributed by atoms with Crippen LogP contribution in [0, 0.1) is 5.92 Å². The van der Waals surface area contributed by atoms with E-state index in [1.54, 1.807) is 4.90 Å². The summed E-state index contributed by atoms with van der Waals surface area (Å²) in [6.07, 6.45) is 1.24. The number of nitrogens with two attached hydrogens (primary N) is 1. The SMILES string of the molecule is CCC(=O)N1CCN(C(=O)[C@@H](N)CC(C)C)CC1. The summed E-state index contributed by atoms with van der Waals surface area (Å²) < 4.78 is 0. The van der Waals surface area contributed by atoms with Gasteiger partial charge in [-0.15, -0.1) is 0 Å². The summed E-state index contributed by atoms with van der Waals surface area (Å²) in [6.45, 7) is 8.46. The van der Waals surface area contributed by atoms with Gasteiger partial charge in [0.2, 0.25) is 11.8 Å². The Balaban J connectivity index is 2.42. The van der Waals surface area contributed by atoms with Gasteiger partial charge in [-0.05, 0) is 12.3 Å². The van der Waals surface area contributed by atoms with Crippen molar-refractivity contribution in [2.24, 2.45) is 11.7 Å². The molecule has 0 aromatic heterocycles. The van der Waals surface area contributed by atoms with Gasteiger partial charge in [-0.3, -0.25) is 9.59 Å². The fourth-order valence-corrected chi connectivity index (χ4v) is 2.24. The first kappa shape index (κ1) is 15.0. The van der Waals surface area contributed by atoms with Crippen molar-refractivity contribution in [2.45, 2.75) is 39.7 Å². The third-order valence-electron chi connectivity index (χ3n) is 3.29. The van der Waals surface area contributed by atoms with Crippen LogP contribution in [0.2, 0.25) is 0 Å². The lowest BCUT2D eigenvalue weighted by Crippen LogP contribution is -2.54. The lowest BCUT2D eigenvalue weighted by atomic mass is 10.0. The summed E-state index contributed by atoms with van der Waals surface area (Å²) in [6, 6.07) is -0.404. The molecule has 0 bridgehead atoms. The predicted octanol–water partition coefficient (Wildman–Crippen LogP) is 0.441. The maximum absolute atomic E-state index is 12.1. The Morgan fingerprint density at radius 3 is 2.06 bits per heavy atom. The average Bonchev–Trinajstić information content (AvgIpc) is 2.36. The maximum Gasteiger partial charge on any atom is 0.239 e. The Labute approximate surface area is 109 Å². The van der Waals surface area contributed by atoms with E-state index in [1.807, 2.05) is 11.8 Å². The highest BCUT2D eigenvalue weighted by atomic mass is 16.2. The van der Waals surface area contributed by atoms with Gasteiger partial charge in [-0.1, -0.05) is 20.8 Å². The Morgan fingerprint density at radius 1 is 1.11 bits per heavy atom. The molecule has 0 aliphatic carbocycles. The second-order valence-electron chi connectivity index (χ2n) is 5.30. The number of piperazine rings is 1. The van der Waals surface area contributed by atoms with Gasteiger partial charge in [-0.25, -0.2) is 0 Å². The molecular weight excluding hydrogens is 230 g/mol. The van der Waals surface area contributed by atoms with Crippen LogP contribution in [0.5, 0.6) is 0 Å². The zero-order valence-electron chi connectivity index (χ0n) is 11.7. The zero-order chi connectivity index (χ0) is 13.7. The molecule has 0 saturated carbocycles. The van der Waals surface area contributed by atoms with E-state index in [9.17, 15) is 9.59 Å². The van der Waals surface area contributed by atoms with Crippen LogP contribution in [-0.4, -0.2) is 53.8 Å². The number of hydrogen-bond acceptors (Lipinski definition) is 3. The van der Waals surface area contributed by atoms with E-state index >= 15 is 0 Å². The molecule has 1 saturated heterocycles. The number of hydrogen-bond donors (Lipinski definition) is 1. The molecule has 5 nitrogen and oxygen atoms in total. The van der Waals surface area contributed by atoms with Crippen molar-refractivity contribution in [3.63, 3.8) is 0 Å². The van der Waals surface area contributed by atoms with Crippen molar-refractivity contribution in [2.75, 3.05) is 26.2 Å². The van der Waals surface area contributed by atoms with Gasteiger partial charge in [0.05, 0.1) is 6.04 Å². The molecule has 0 spiro atoms. The quantitative estimate of drug-likeness (QED) is 0.792. The van der Waals surface area contributed by atoms with Crippen LogP contribution in [-0.2, 0) is 9.59 Å². The molecule has 1 aliphatic heterocycles. The summed E-state index contributed by atoms with van der Waals surface area (Å²) in [4.78, 5) is 27.2. The van der Waals surface area contributed by atoms with Gasteiger partial charge in [0, 0.05) is 32.6 Å². The second kappa shape index (κ2) is 6.73. The fraction of sp³-hybridized carbons (Fsp3) is 0.846. The molecule has 1 rings (SSSR count). The van der Waals surface area contributed by atoms with Crippen LogP contribution < -0.4 is 5.73 Å². The van der Waals surface area contributed by atoms with Crippen LogP contribution in [0.25, 0.3) is 0 Å². The van der Waals surface area contributed by atoms with Crippen molar-refractivity contribution in [1.82, 2.24) is 9.80 Å². The molecule has 18 heavy (non-hydrogen) atoms. The highest BCUT2D eigenvalue weighted by molar-refractivity contribution is 5.82. The first-order valence-corrected chi connectivity index (χ1v) is 6.77. The van der Waals surface area contributed by atoms with E-state index < -0.39 is 6.04 Å². The average molecular weight is 255 g/mol. The molecule has 1 heterocycles. The van der Waals surface area contributed by atoms with Crippen molar-refractivity contribution in [1.29, 1.82) is 0 Å². The van der Waals surface area contributed by atoms with E-state index in [0.29, 0.717) is 44.9 Å². The van der Waals surface area contributed by atoms with Crippen LogP contribution in [0.15, 0.2) is 0 Å². The van der Waals surface area contributed by atoms with E-state index in [0.717, 1.165) is 0 Å². The molecule has 0 radical (unpaired) electrons. The van der Waals surface area contributed by atoms with Gasteiger partial charge in [0.15, 0.2) is 0 Å². The molecule has 0 aromatic rings. The highest BCUT2D eigenvalue weighted by Crippen LogP contribution is 2.09. The molecule has 1 aliphatic rings. The van der Waals surface area contributed by atoms with Crippen LogP contribution in [0.4, 0.5) is 0 Å². The van der Waals surface area contributed by atoms with E-state index in [2.05, 4.69) is 13.8 Å². The van der Waals surface area contributed by atoms with E-state index in [-0.39, 0.29) is 11.8 Å². The largest absolute Gasteiger partial charge is 0.339 e. The molecular formula is C13H25N3O2. The standard InChI is InChI=1S/C13H25N3O2/c1-4-12(17)15-5-7-16(8-6-15)13(18)11(14)9-10(2)3/h10-11H,4-9,14H2,1-3H3/t11-/m0/s1. The number of rotatable bonds is 4. The second-order valence-corrected chi connectivity index (χ2v) is 5.30. The van der Waals surface area contributed by atoms with E-state index in [1.165, 1.54) is 0 Å². The molecule has 0 aromatic carbocycles. The fourth-order valence-electron chi connectivity index (χ4n) is 2.24. The van der Waals surface area contributed by atoms with Gasteiger partial charge in [-0.2, -0.15) is 0 Å². The maximum atomic E-state index is 12.1.